The lowest BCUT2D eigenvalue weighted by Crippen LogP contribution is -2.04. The summed E-state index contributed by atoms with van der Waals surface area (Å²) >= 11 is 0. The molecule has 7 aromatic carbocycles. The first-order valence-corrected chi connectivity index (χ1v) is 24.9. The smallest absolute Gasteiger partial charge is 0.294 e. The second-order valence-electron chi connectivity index (χ2n) is 15.4. The number of azo groups is 1. The Bertz CT molecular complexity index is 4460. The molecule has 11 aromatic rings. The monoisotopic (exact) mass is 1020 g/mol. The van der Waals surface area contributed by atoms with Crippen molar-refractivity contribution in [2.24, 2.45) is 10.2 Å². The van der Waals surface area contributed by atoms with Crippen LogP contribution < -0.4 is 0 Å². The number of hydrogen-bond acceptors (Lipinski definition) is 14. The van der Waals surface area contributed by atoms with Crippen molar-refractivity contribution in [1.82, 2.24) is 28.1 Å². The lowest BCUT2D eigenvalue weighted by atomic mass is 10.0. The average Bonchev–Trinajstić information content (AvgIpc) is 4.15. The van der Waals surface area contributed by atoms with Crippen LogP contribution in [0.3, 0.4) is 0 Å². The van der Waals surface area contributed by atoms with E-state index in [1.165, 1.54) is 38.1 Å². The quantitative estimate of drug-likeness (QED) is 0.0607. The van der Waals surface area contributed by atoms with Gasteiger partial charge < -0.3 is 0 Å². The number of hydrogen-bond donors (Lipinski definition) is 2. The zero-order valence-electron chi connectivity index (χ0n) is 35.7. The van der Waals surface area contributed by atoms with Gasteiger partial charge in [-0.2, -0.15) is 26.7 Å². The van der Waals surface area contributed by atoms with Gasteiger partial charge in [0.1, 0.15) is 27.0 Å². The first-order chi connectivity index (χ1) is 33.1. The Hall–Kier alpha value is -8.40. The fourth-order valence-corrected chi connectivity index (χ4v) is 9.37. The van der Waals surface area contributed by atoms with Crippen LogP contribution >= 0.6 is 0 Å². The van der Waals surface area contributed by atoms with Crippen LogP contribution in [0.2, 0.25) is 0 Å². The molecule has 2 N–H and O–H groups in total. The second-order valence-corrected chi connectivity index (χ2v) is 19.0. The van der Waals surface area contributed by atoms with Crippen molar-refractivity contribution < 1.29 is 60.8 Å². The molecular formula is C44H30N8O14S4. The molecule has 4 heterocycles. The Balaban J connectivity index is 0.000000709. The van der Waals surface area contributed by atoms with Crippen molar-refractivity contribution in [1.29, 1.82) is 0 Å². The molecule has 0 unspecified atom stereocenters. The number of nitrogens with zero attached hydrogens (tertiary/aromatic N) is 8. The van der Waals surface area contributed by atoms with E-state index >= 15 is 0 Å². The van der Waals surface area contributed by atoms with Crippen LogP contribution in [-0.4, -0.2) is 90.9 Å². The van der Waals surface area contributed by atoms with Gasteiger partial charge in [-0.25, -0.2) is 0 Å². The predicted molar refractivity (Wildman–Crippen MR) is 251 cm³/mol. The molecule has 0 spiro atoms. The molecule has 0 saturated heterocycles. The zero-order chi connectivity index (χ0) is 50.1. The molecule has 0 aliphatic heterocycles. The maximum absolute atomic E-state index is 13.0. The molecule has 70 heavy (non-hydrogen) atoms. The van der Waals surface area contributed by atoms with Crippen LogP contribution in [0.4, 0.5) is 11.4 Å². The summed E-state index contributed by atoms with van der Waals surface area (Å²) in [7, 11) is -15.2. The Morgan fingerprint density at radius 3 is 1.76 bits per heavy atom. The van der Waals surface area contributed by atoms with Crippen molar-refractivity contribution in [2.75, 3.05) is 0 Å². The largest absolute Gasteiger partial charge is 0.425 e. The molecule has 0 fully saturated rings. The van der Waals surface area contributed by atoms with Crippen LogP contribution in [0.15, 0.2) is 141 Å². The van der Waals surface area contributed by atoms with Crippen molar-refractivity contribution >= 4 is 120 Å². The number of aromatic nitrogens is 6. The number of ketones is 2. The van der Waals surface area contributed by atoms with Gasteiger partial charge in [-0.1, -0.05) is 72.8 Å². The Morgan fingerprint density at radius 2 is 1.14 bits per heavy atom. The fraction of sp³-hybridized carbons (Fsp3) is 0.0455. The molecule has 0 atom stereocenters. The number of fused-ring (bicyclic) bond motifs is 12. The molecule has 22 nitrogen and oxygen atoms in total. The van der Waals surface area contributed by atoms with Gasteiger partial charge >= 0.3 is 21.2 Å². The van der Waals surface area contributed by atoms with Gasteiger partial charge in [0, 0.05) is 21.9 Å². The first kappa shape index (κ1) is 46.7. The van der Waals surface area contributed by atoms with Crippen molar-refractivity contribution in [3.05, 3.63) is 144 Å². The maximum Gasteiger partial charge on any atom is 0.425 e. The van der Waals surface area contributed by atoms with E-state index in [4.69, 9.17) is 25.3 Å². The average molecular weight is 1020 g/mol. The van der Waals surface area contributed by atoms with E-state index in [9.17, 15) is 35.5 Å². The molecule has 0 aliphatic carbocycles. The Morgan fingerprint density at radius 1 is 0.557 bits per heavy atom. The molecule has 0 saturated carbocycles. The molecule has 11 rings (SSSR count). The molecular weight excluding hydrogens is 993 g/mol. The molecule has 26 heteroatoms. The highest BCUT2D eigenvalue weighted by molar-refractivity contribution is 7.86. The predicted octanol–water partition coefficient (Wildman–Crippen LogP) is 6.94. The van der Waals surface area contributed by atoms with Crippen molar-refractivity contribution in [3.63, 3.8) is 0 Å². The third kappa shape index (κ3) is 8.56. The van der Waals surface area contributed by atoms with Crippen molar-refractivity contribution in [3.8, 4) is 11.4 Å². The summed E-state index contributed by atoms with van der Waals surface area (Å²) in [6.07, 6.45) is 3.31. The number of carbonyl (C=O) groups is 2. The highest BCUT2D eigenvalue weighted by Crippen LogP contribution is 2.38. The minimum absolute atomic E-state index is 0.192. The maximum atomic E-state index is 13.0. The highest BCUT2D eigenvalue weighted by Gasteiger charge is 2.30. The van der Waals surface area contributed by atoms with E-state index in [2.05, 4.69) is 10.2 Å². The second kappa shape index (κ2) is 17.3. The molecule has 354 valence electrons. The standard InChI is InChI=1S/C44H30N8O8S2.2O3S/c1-25(53)36-24-41(50-49-40-20-13-30-21-33(61(55,56)57)17-18-35(30)44(40)52(49)50)37(26(2)54)23-38(36)46-45-31-14-8-27(9-15-31)7-10-29-11-16-32(22-42(29)62(58,59)60)47-48-39-19-12-28-5-3-4-6-34(28)43(39)51(47)48;2*1-4(2)3/h3-24H,1-2H3,(H,55,56,57)(H,58,59,60);;. The van der Waals surface area contributed by atoms with E-state index in [0.717, 1.165) is 38.2 Å². The van der Waals surface area contributed by atoms with Gasteiger partial charge in [0.05, 0.1) is 27.6 Å². The molecule has 0 aliphatic rings. The summed E-state index contributed by atoms with van der Waals surface area (Å²) in [5.41, 5.74) is 6.72. The van der Waals surface area contributed by atoms with Crippen molar-refractivity contribution in [2.45, 2.75) is 23.6 Å². The van der Waals surface area contributed by atoms with Gasteiger partial charge in [-0.05, 0) is 96.4 Å². The number of Topliss-reactive ketones (excluding diaryl/α,β-unsaturated/α-hetero) is 2. The van der Waals surface area contributed by atoms with Crippen LogP contribution in [-0.2, 0) is 41.5 Å². The minimum atomic E-state index is -4.59. The van der Waals surface area contributed by atoms with E-state index in [-0.39, 0.29) is 38.2 Å². The lowest BCUT2D eigenvalue weighted by Gasteiger charge is -2.08. The SMILES string of the molecule is CC(=O)c1cc(-n2n3c4ccc5cc(S(=O)(=O)O)ccc5c4n23)c(C(C)=O)cc1N=Nc1ccc(C=Cc2ccc(-n3n4c5ccc6ccccc6c5n34)cc2S(=O)(=O)O)cc1.O=S(=O)=O.O=S(=O)=O. The van der Waals surface area contributed by atoms with Crippen LogP contribution in [0.25, 0.3) is 67.1 Å². The topological polar surface area (TPSA) is 298 Å². The summed E-state index contributed by atoms with van der Waals surface area (Å²) in [6.45, 7) is 2.80. The van der Waals surface area contributed by atoms with Gasteiger partial charge in [0.15, 0.2) is 11.6 Å². The summed E-state index contributed by atoms with van der Waals surface area (Å²) < 4.78 is 126. The number of rotatable bonds is 10. The summed E-state index contributed by atoms with van der Waals surface area (Å²) in [5, 5.41) is 12.2. The Labute approximate surface area is 396 Å². The normalized spacial score (nSPS) is 12.3. The summed E-state index contributed by atoms with van der Waals surface area (Å²) in [6, 6.07) is 34.8. The third-order valence-electron chi connectivity index (χ3n) is 11.2. The number of carbonyl (C=O) groups excluding carboxylic acids is 2. The fourth-order valence-electron chi connectivity index (χ4n) is 8.15. The van der Waals surface area contributed by atoms with Crippen LogP contribution in [0, 0.1) is 0 Å². The van der Waals surface area contributed by atoms with Crippen LogP contribution in [0.1, 0.15) is 45.7 Å². The van der Waals surface area contributed by atoms with E-state index in [0.29, 0.717) is 33.6 Å². The summed E-state index contributed by atoms with van der Waals surface area (Å²) in [5.74, 6) is -0.578. The minimum Gasteiger partial charge on any atom is -0.294 e. The highest BCUT2D eigenvalue weighted by atomic mass is 32.2. The Kier molecular flexibility index (Phi) is 11.5. The van der Waals surface area contributed by atoms with Crippen LogP contribution in [0.5, 0.6) is 0 Å². The van der Waals surface area contributed by atoms with Gasteiger partial charge in [-0.3, -0.25) is 18.7 Å². The molecule has 4 aromatic heterocycles. The van der Waals surface area contributed by atoms with E-state index < -0.39 is 41.5 Å². The third-order valence-corrected chi connectivity index (χ3v) is 12.9. The summed E-state index contributed by atoms with van der Waals surface area (Å²) in [4.78, 5) is 29.1. The molecule has 0 radical (unpaired) electrons. The first-order valence-electron chi connectivity index (χ1n) is 20.0. The van der Waals surface area contributed by atoms with Gasteiger partial charge in [0.2, 0.25) is 0 Å². The van der Waals surface area contributed by atoms with E-state index in [1.54, 1.807) is 86.9 Å². The molecule has 0 amide bonds. The van der Waals surface area contributed by atoms with E-state index in [1.807, 2.05) is 50.5 Å². The van der Waals surface area contributed by atoms with Gasteiger partial charge in [-0.15, -0.1) is 53.7 Å². The number of benzene rings is 7. The van der Waals surface area contributed by atoms with Gasteiger partial charge in [0.25, 0.3) is 20.2 Å². The lowest BCUT2D eigenvalue weighted by molar-refractivity contribution is 0.100. The zero-order valence-corrected chi connectivity index (χ0v) is 39.0. The molecule has 0 bridgehead atoms.